The fourth-order valence-corrected chi connectivity index (χ4v) is 12.2. The highest BCUT2D eigenvalue weighted by atomic mass is 32.2. The zero-order chi connectivity index (χ0) is 54.7. The molecular weight excluding hydrogens is 1040 g/mol. The summed E-state index contributed by atoms with van der Waals surface area (Å²) in [6.45, 7) is 4.90. The molecule has 2 amide bonds. The number of sulfone groups is 2. The van der Waals surface area contributed by atoms with E-state index in [1.165, 1.54) is 16.9 Å². The van der Waals surface area contributed by atoms with Gasteiger partial charge >= 0.3 is 0 Å². The minimum Gasteiger partial charge on any atom is -0.466 e. The van der Waals surface area contributed by atoms with Crippen LogP contribution in [-0.4, -0.2) is 91.9 Å². The summed E-state index contributed by atoms with van der Waals surface area (Å²) in [5, 5.41) is 2.45. The van der Waals surface area contributed by atoms with Crippen molar-refractivity contribution in [3.05, 3.63) is 250 Å². The average Bonchev–Trinajstić information content (AvgIpc) is 4.45. The van der Waals surface area contributed by atoms with Gasteiger partial charge < -0.3 is 25.0 Å². The topological polar surface area (TPSA) is 191 Å². The van der Waals surface area contributed by atoms with Crippen LogP contribution in [0.5, 0.6) is 0 Å². The van der Waals surface area contributed by atoms with Crippen molar-refractivity contribution in [2.24, 2.45) is 9.98 Å². The van der Waals surface area contributed by atoms with E-state index in [0.717, 1.165) is 39.1 Å². The van der Waals surface area contributed by atoms with E-state index in [2.05, 4.69) is 34.0 Å². The van der Waals surface area contributed by atoms with Crippen LogP contribution in [0.3, 0.4) is 0 Å². The van der Waals surface area contributed by atoms with Crippen LogP contribution in [0.25, 0.3) is 0 Å². The molecule has 4 aliphatic heterocycles. The van der Waals surface area contributed by atoms with E-state index in [1.54, 1.807) is 76.7 Å². The molecule has 7 aromatic carbocycles. The average molecular weight is 1100 g/mol. The van der Waals surface area contributed by atoms with Crippen LogP contribution < -0.4 is 5.73 Å². The van der Waals surface area contributed by atoms with Gasteiger partial charge in [0.25, 0.3) is 11.8 Å². The second-order valence-electron chi connectivity index (χ2n) is 18.8. The minimum atomic E-state index is -3.51. The Morgan fingerprint density at radius 1 is 0.526 bits per heavy atom. The summed E-state index contributed by atoms with van der Waals surface area (Å²) >= 11 is 1.39. The maximum atomic E-state index is 13.5. The molecular formula is C61H58N6O8S3. The summed E-state index contributed by atoms with van der Waals surface area (Å²) in [5.74, 6) is 0.0144. The first-order chi connectivity index (χ1) is 37.7. The summed E-state index contributed by atoms with van der Waals surface area (Å²) in [7, 11) is -7.02. The molecule has 5 heterocycles. The first-order valence-corrected chi connectivity index (χ1v) is 29.5. The lowest BCUT2D eigenvalue weighted by Gasteiger charge is -2.22. The van der Waals surface area contributed by atoms with E-state index < -0.39 is 44.0 Å². The third kappa shape index (κ3) is 13.3. The van der Waals surface area contributed by atoms with Gasteiger partial charge in [-0.3, -0.25) is 9.59 Å². The third-order valence-corrected chi connectivity index (χ3v) is 17.4. The molecule has 4 aliphatic rings. The number of aryl methyl sites for hydroxylation is 2. The lowest BCUT2D eigenvalue weighted by atomic mass is 9.99. The monoisotopic (exact) mass is 1100 g/mol. The maximum absolute atomic E-state index is 13.5. The van der Waals surface area contributed by atoms with Crippen molar-refractivity contribution >= 4 is 60.3 Å². The molecule has 78 heavy (non-hydrogen) atoms. The zero-order valence-electron chi connectivity index (χ0n) is 43.0. The van der Waals surface area contributed by atoms with Gasteiger partial charge in [0.15, 0.2) is 49.0 Å². The molecule has 0 aliphatic carbocycles. The number of fused-ring (bicyclic) bond motifs is 6. The van der Waals surface area contributed by atoms with Gasteiger partial charge in [0.2, 0.25) is 11.8 Å². The van der Waals surface area contributed by atoms with E-state index >= 15 is 0 Å². The van der Waals surface area contributed by atoms with E-state index in [1.807, 2.05) is 134 Å². The van der Waals surface area contributed by atoms with E-state index in [-0.39, 0.29) is 46.2 Å². The van der Waals surface area contributed by atoms with Gasteiger partial charge in [0.1, 0.15) is 0 Å². The number of anilines is 1. The Morgan fingerprint density at radius 2 is 0.936 bits per heavy atom. The summed E-state index contributed by atoms with van der Waals surface area (Å²) < 4.78 is 63.4. The number of hydrogen-bond acceptors (Lipinski definition) is 13. The number of nitrogens with zero attached hydrogens (tertiary/aromatic N) is 5. The van der Waals surface area contributed by atoms with Crippen molar-refractivity contribution in [1.82, 2.24) is 14.8 Å². The van der Waals surface area contributed by atoms with Gasteiger partial charge in [-0.1, -0.05) is 157 Å². The largest absolute Gasteiger partial charge is 0.466 e. The molecule has 14 nitrogen and oxygen atoms in total. The molecule has 17 heteroatoms. The molecule has 0 radical (unpaired) electrons. The smallest absolute Gasteiger partial charge is 0.252 e. The molecule has 2 N–H and O–H groups in total. The molecule has 0 spiro atoms. The first kappa shape index (κ1) is 54.5. The number of carbonyl (C=O) groups is 2. The summed E-state index contributed by atoms with van der Waals surface area (Å²) in [4.78, 5) is 44.0. The number of aromatic nitrogens is 1. The lowest BCUT2D eigenvalue weighted by molar-refractivity contribution is -0.134. The quantitative estimate of drug-likeness (QED) is 0.129. The van der Waals surface area contributed by atoms with E-state index in [9.17, 15) is 26.4 Å². The van der Waals surface area contributed by atoms with Crippen molar-refractivity contribution in [3.8, 4) is 0 Å². The van der Waals surface area contributed by atoms with Crippen LogP contribution in [0, 0.1) is 13.8 Å². The molecule has 12 rings (SSSR count). The Bertz CT molecular complexity index is 3570. The minimum absolute atomic E-state index is 0.0791. The lowest BCUT2D eigenvalue weighted by Crippen LogP contribution is -2.40. The Labute approximate surface area is 459 Å². The van der Waals surface area contributed by atoms with Crippen molar-refractivity contribution in [1.29, 1.82) is 0 Å². The van der Waals surface area contributed by atoms with Crippen molar-refractivity contribution < 1.29 is 35.9 Å². The highest BCUT2D eigenvalue weighted by Crippen LogP contribution is 2.39. The van der Waals surface area contributed by atoms with Crippen molar-refractivity contribution in [2.45, 2.75) is 61.0 Å². The SMILES string of the molecule is Cc1ccc(C2=N[C@@H]3C(=O)N(CCS(=O)(=O)c4ccccc4)Cc4ccccc4[C@@H]3O2)cc1.Cc1ccccc1.Nc1ccccc1.O=C1[C@H]2N=C(c3nccs3)O[C@H]2c2ccccc2CN1CCS(=O)(=O)c1ccccc1. The number of benzene rings is 7. The Kier molecular flexibility index (Phi) is 17.4. The van der Waals surface area contributed by atoms with Crippen LogP contribution in [0.15, 0.2) is 225 Å². The number of rotatable bonds is 10. The van der Waals surface area contributed by atoms with Crippen molar-refractivity contribution in [3.63, 3.8) is 0 Å². The number of aliphatic imine (C=N–C) groups is 2. The summed E-state index contributed by atoms with van der Waals surface area (Å²) in [6.07, 6.45) is 0.593. The number of nitrogen functional groups attached to an aromatic ring is 1. The molecule has 0 fully saturated rings. The zero-order valence-corrected chi connectivity index (χ0v) is 45.4. The number of carbonyl (C=O) groups excluding carboxylic acids is 2. The number of thiazole rings is 1. The molecule has 0 saturated heterocycles. The molecule has 8 aromatic rings. The second-order valence-corrected chi connectivity index (χ2v) is 23.9. The number of amides is 2. The van der Waals surface area contributed by atoms with Crippen LogP contribution >= 0.6 is 11.3 Å². The number of para-hydroxylation sites is 1. The predicted octanol–water partition coefficient (Wildman–Crippen LogP) is 9.81. The molecule has 0 saturated carbocycles. The van der Waals surface area contributed by atoms with Crippen molar-refractivity contribution in [2.75, 3.05) is 30.3 Å². The molecule has 4 atom stereocenters. The van der Waals surface area contributed by atoms with Crippen LogP contribution in [0.1, 0.15) is 56.2 Å². The fraction of sp³-hybridized carbons (Fsp3) is 0.197. The Balaban J connectivity index is 0.000000152. The fourth-order valence-electron chi connectivity index (χ4n) is 9.10. The molecule has 0 unspecified atom stereocenters. The van der Waals surface area contributed by atoms with Crippen LogP contribution in [0.2, 0.25) is 0 Å². The third-order valence-electron chi connectivity index (χ3n) is 13.3. The van der Waals surface area contributed by atoms with Gasteiger partial charge in [0, 0.05) is 60.1 Å². The van der Waals surface area contributed by atoms with Gasteiger partial charge in [-0.05, 0) is 73.5 Å². The Morgan fingerprint density at radius 3 is 1.36 bits per heavy atom. The van der Waals surface area contributed by atoms with Crippen LogP contribution in [-0.2, 0) is 51.8 Å². The highest BCUT2D eigenvalue weighted by Gasteiger charge is 2.45. The van der Waals surface area contributed by atoms with Gasteiger partial charge in [-0.2, -0.15) is 0 Å². The maximum Gasteiger partial charge on any atom is 0.252 e. The van der Waals surface area contributed by atoms with Gasteiger partial charge in [-0.15, -0.1) is 11.3 Å². The predicted molar refractivity (Wildman–Crippen MR) is 304 cm³/mol. The molecule has 1 aromatic heterocycles. The standard InChI is InChI=1S/C26H24N2O4S.C22H19N3O4S2.C7H8.C6H7N/c1-18-11-13-19(14-12-18)25-27-23-24(32-25)22-10-6-5-7-20(22)17-28(26(23)29)15-16-33(30,31)21-8-3-2-4-9-21;26-22-18-19(29-20(24-18)21-23-10-12-30-21)17-9-5-4-6-15(17)14-25(22)11-13-31(27,28)16-7-2-1-3-8-16;1-7-5-3-2-4-6-7;7-6-4-2-1-3-5-6/h2-14,23-24H,15-17H2,1H3;1-10,12,18-19H,11,13-14H2;2-6H,1H3;1-5H,7H2/t23-,24-;18-,19-;;/m00../s1. The number of hydrogen-bond donors (Lipinski definition) is 1. The van der Waals surface area contributed by atoms with E-state index in [0.29, 0.717) is 29.9 Å². The van der Waals surface area contributed by atoms with E-state index in [4.69, 9.17) is 15.2 Å². The van der Waals surface area contributed by atoms with Gasteiger partial charge in [0.05, 0.1) is 21.3 Å². The molecule has 0 bridgehead atoms. The first-order valence-electron chi connectivity index (χ1n) is 25.3. The second kappa shape index (κ2) is 24.8. The van der Waals surface area contributed by atoms with Crippen LogP contribution in [0.4, 0.5) is 5.69 Å². The normalized spacial score (nSPS) is 18.1. The summed E-state index contributed by atoms with van der Waals surface area (Å²) in [5.41, 5.74) is 13.1. The number of ether oxygens (including phenoxy) is 2. The summed E-state index contributed by atoms with van der Waals surface area (Å²) in [6, 6.07) is 58.1. The molecule has 398 valence electrons. The van der Waals surface area contributed by atoms with Gasteiger partial charge in [-0.25, -0.2) is 31.8 Å². The highest BCUT2D eigenvalue weighted by molar-refractivity contribution is 7.91. The number of nitrogens with two attached hydrogens (primary N) is 1. The Hall–Kier alpha value is -8.25.